The Kier molecular flexibility index (Phi) is 5.50. The molecule has 0 aliphatic carbocycles. The molecule has 8 heteroatoms. The molecular weight excluding hydrogens is 338 g/mol. The van der Waals surface area contributed by atoms with Crippen molar-refractivity contribution in [3.63, 3.8) is 0 Å². The molecule has 1 amide bonds. The SMILES string of the molecule is CCCNC(=O)c1ccc(NS(=O)(=O)c2ccc(F)c(F)c2)cc1. The zero-order valence-corrected chi connectivity index (χ0v) is 13.7. The highest BCUT2D eigenvalue weighted by atomic mass is 32.2. The van der Waals surface area contributed by atoms with Crippen LogP contribution in [0.15, 0.2) is 47.4 Å². The molecule has 0 heterocycles. The Morgan fingerprint density at radius 1 is 1.04 bits per heavy atom. The van der Waals surface area contributed by atoms with Gasteiger partial charge in [0.05, 0.1) is 4.90 Å². The molecule has 0 spiro atoms. The molecular formula is C16H16F2N2O3S. The standard InChI is InChI=1S/C16H16F2N2O3S/c1-2-9-19-16(21)11-3-5-12(6-4-11)20-24(22,23)13-7-8-14(17)15(18)10-13/h3-8,10,20H,2,9H2,1H3,(H,19,21). The highest BCUT2D eigenvalue weighted by Gasteiger charge is 2.17. The number of nitrogens with one attached hydrogen (secondary N) is 2. The lowest BCUT2D eigenvalue weighted by Gasteiger charge is -2.09. The van der Waals surface area contributed by atoms with Gasteiger partial charge in [0, 0.05) is 17.8 Å². The summed E-state index contributed by atoms with van der Waals surface area (Å²) in [7, 11) is -4.06. The molecule has 0 saturated heterocycles. The largest absolute Gasteiger partial charge is 0.352 e. The van der Waals surface area contributed by atoms with Crippen LogP contribution < -0.4 is 10.0 Å². The number of benzene rings is 2. The Labute approximate surface area is 138 Å². The van der Waals surface area contributed by atoms with Gasteiger partial charge in [-0.3, -0.25) is 9.52 Å². The highest BCUT2D eigenvalue weighted by Crippen LogP contribution is 2.18. The first-order chi connectivity index (χ1) is 11.3. The minimum atomic E-state index is -4.06. The van der Waals surface area contributed by atoms with Crippen molar-refractivity contribution in [3.05, 3.63) is 59.7 Å². The van der Waals surface area contributed by atoms with Crippen LogP contribution in [0, 0.1) is 11.6 Å². The van der Waals surface area contributed by atoms with Crippen molar-refractivity contribution in [3.8, 4) is 0 Å². The fraction of sp³-hybridized carbons (Fsp3) is 0.188. The van der Waals surface area contributed by atoms with Gasteiger partial charge in [0.1, 0.15) is 0 Å². The third-order valence-electron chi connectivity index (χ3n) is 3.14. The van der Waals surface area contributed by atoms with Gasteiger partial charge in [0.15, 0.2) is 11.6 Å². The van der Waals surface area contributed by atoms with E-state index in [1.54, 1.807) is 0 Å². The van der Waals surface area contributed by atoms with E-state index in [1.165, 1.54) is 24.3 Å². The molecule has 5 nitrogen and oxygen atoms in total. The molecule has 128 valence electrons. The fourth-order valence-corrected chi connectivity index (χ4v) is 2.96. The zero-order chi connectivity index (χ0) is 17.7. The van der Waals surface area contributed by atoms with Gasteiger partial charge < -0.3 is 5.32 Å². The second kappa shape index (κ2) is 7.39. The van der Waals surface area contributed by atoms with Gasteiger partial charge in [-0.25, -0.2) is 17.2 Å². The molecule has 2 aromatic carbocycles. The van der Waals surface area contributed by atoms with Gasteiger partial charge in [0.2, 0.25) is 0 Å². The third-order valence-corrected chi connectivity index (χ3v) is 4.52. The van der Waals surface area contributed by atoms with Gasteiger partial charge in [-0.1, -0.05) is 6.92 Å². The topological polar surface area (TPSA) is 75.3 Å². The van der Waals surface area contributed by atoms with E-state index in [4.69, 9.17) is 0 Å². The van der Waals surface area contributed by atoms with Crippen LogP contribution in [0.3, 0.4) is 0 Å². The molecule has 2 rings (SSSR count). The molecule has 0 saturated carbocycles. The summed E-state index contributed by atoms with van der Waals surface area (Å²) in [4.78, 5) is 11.4. The van der Waals surface area contributed by atoms with Gasteiger partial charge >= 0.3 is 0 Å². The maximum Gasteiger partial charge on any atom is 0.261 e. The summed E-state index contributed by atoms with van der Waals surface area (Å²) in [6.07, 6.45) is 0.803. The van der Waals surface area contributed by atoms with Crippen molar-refractivity contribution in [2.75, 3.05) is 11.3 Å². The maximum absolute atomic E-state index is 13.2. The van der Waals surface area contributed by atoms with Gasteiger partial charge in [-0.05, 0) is 48.9 Å². The number of hydrogen-bond donors (Lipinski definition) is 2. The van der Waals surface area contributed by atoms with Gasteiger partial charge in [-0.15, -0.1) is 0 Å². The number of halogens is 2. The summed E-state index contributed by atoms with van der Waals surface area (Å²) in [5.41, 5.74) is 0.589. The van der Waals surface area contributed by atoms with E-state index in [0.717, 1.165) is 18.6 Å². The summed E-state index contributed by atoms with van der Waals surface area (Å²) in [5, 5.41) is 2.70. The molecule has 0 bridgehead atoms. The van der Waals surface area contributed by atoms with E-state index < -0.39 is 26.6 Å². The molecule has 0 fully saturated rings. The van der Waals surface area contributed by atoms with E-state index in [1.807, 2.05) is 6.92 Å². The monoisotopic (exact) mass is 354 g/mol. The lowest BCUT2D eigenvalue weighted by Crippen LogP contribution is -2.23. The van der Waals surface area contributed by atoms with E-state index >= 15 is 0 Å². The summed E-state index contributed by atoms with van der Waals surface area (Å²) in [5.74, 6) is -2.64. The molecule has 0 unspecified atom stereocenters. The van der Waals surface area contributed by atoms with Crippen molar-refractivity contribution in [2.45, 2.75) is 18.2 Å². The summed E-state index contributed by atoms with van der Waals surface area (Å²) >= 11 is 0. The van der Waals surface area contributed by atoms with Crippen LogP contribution in [0.5, 0.6) is 0 Å². The van der Waals surface area contributed by atoms with E-state index in [9.17, 15) is 22.0 Å². The second-order valence-electron chi connectivity index (χ2n) is 5.01. The predicted octanol–water partition coefficient (Wildman–Crippen LogP) is 2.91. The van der Waals surface area contributed by atoms with Crippen molar-refractivity contribution in [2.24, 2.45) is 0 Å². The zero-order valence-electron chi connectivity index (χ0n) is 12.8. The predicted molar refractivity (Wildman–Crippen MR) is 86.2 cm³/mol. The van der Waals surface area contributed by atoms with Crippen molar-refractivity contribution >= 4 is 21.6 Å². The summed E-state index contributed by atoms with van der Waals surface area (Å²) in [6, 6.07) is 8.07. The molecule has 2 aromatic rings. The Hall–Kier alpha value is -2.48. The average Bonchev–Trinajstić information content (AvgIpc) is 2.55. The number of rotatable bonds is 6. The first kappa shape index (κ1) is 17.9. The van der Waals surface area contributed by atoms with Crippen LogP contribution in [0.25, 0.3) is 0 Å². The lowest BCUT2D eigenvalue weighted by molar-refractivity contribution is 0.0953. The van der Waals surface area contributed by atoms with Crippen LogP contribution in [0.2, 0.25) is 0 Å². The number of anilines is 1. The summed E-state index contributed by atoms with van der Waals surface area (Å²) in [6.45, 7) is 2.47. The number of carbonyl (C=O) groups is 1. The average molecular weight is 354 g/mol. The van der Waals surface area contributed by atoms with Gasteiger partial charge in [-0.2, -0.15) is 0 Å². The van der Waals surface area contributed by atoms with Crippen LogP contribution >= 0.6 is 0 Å². The minimum absolute atomic E-state index is 0.201. The maximum atomic E-state index is 13.2. The Balaban J connectivity index is 2.15. The molecule has 0 atom stereocenters. The number of sulfonamides is 1. The first-order valence-corrected chi connectivity index (χ1v) is 8.68. The molecule has 0 radical (unpaired) electrons. The van der Waals surface area contributed by atoms with Crippen molar-refractivity contribution < 1.29 is 22.0 Å². The van der Waals surface area contributed by atoms with E-state index in [2.05, 4.69) is 10.0 Å². The van der Waals surface area contributed by atoms with Crippen molar-refractivity contribution in [1.29, 1.82) is 0 Å². The minimum Gasteiger partial charge on any atom is -0.352 e. The molecule has 0 aliphatic heterocycles. The van der Waals surface area contributed by atoms with Gasteiger partial charge in [0.25, 0.3) is 15.9 Å². The number of hydrogen-bond acceptors (Lipinski definition) is 3. The Morgan fingerprint density at radius 3 is 2.29 bits per heavy atom. The second-order valence-corrected chi connectivity index (χ2v) is 6.70. The quantitative estimate of drug-likeness (QED) is 0.838. The number of amides is 1. The molecule has 0 aromatic heterocycles. The Morgan fingerprint density at radius 2 is 1.71 bits per heavy atom. The lowest BCUT2D eigenvalue weighted by atomic mass is 10.2. The first-order valence-electron chi connectivity index (χ1n) is 7.19. The third kappa shape index (κ3) is 4.29. The normalized spacial score (nSPS) is 11.1. The van der Waals surface area contributed by atoms with Crippen LogP contribution in [0.1, 0.15) is 23.7 Å². The van der Waals surface area contributed by atoms with Crippen LogP contribution in [-0.4, -0.2) is 20.9 Å². The number of carbonyl (C=O) groups excluding carboxylic acids is 1. The molecule has 24 heavy (non-hydrogen) atoms. The van der Waals surface area contributed by atoms with E-state index in [-0.39, 0.29) is 11.6 Å². The summed E-state index contributed by atoms with van der Waals surface area (Å²) < 4.78 is 52.6. The molecule has 2 N–H and O–H groups in total. The molecule has 0 aliphatic rings. The van der Waals surface area contributed by atoms with E-state index in [0.29, 0.717) is 18.2 Å². The Bertz CT molecular complexity index is 837. The smallest absolute Gasteiger partial charge is 0.261 e. The fourth-order valence-electron chi connectivity index (χ4n) is 1.89. The van der Waals surface area contributed by atoms with Crippen molar-refractivity contribution in [1.82, 2.24) is 5.32 Å². The van der Waals surface area contributed by atoms with Crippen LogP contribution in [0.4, 0.5) is 14.5 Å². The highest BCUT2D eigenvalue weighted by molar-refractivity contribution is 7.92. The van der Waals surface area contributed by atoms with Crippen LogP contribution in [-0.2, 0) is 10.0 Å².